The molecule has 2 aromatic carbocycles. The molecular formula is C23H25N3O4S. The molecule has 1 aromatic heterocycles. The Labute approximate surface area is 182 Å². The van der Waals surface area contributed by atoms with Gasteiger partial charge in [0, 0.05) is 31.3 Å². The van der Waals surface area contributed by atoms with E-state index in [9.17, 15) is 13.2 Å². The number of rotatable bonds is 9. The Kier molecular flexibility index (Phi) is 7.38. The second-order valence-corrected chi connectivity index (χ2v) is 8.52. The van der Waals surface area contributed by atoms with Gasteiger partial charge in [0.05, 0.1) is 6.20 Å². The number of hydrogen-bond donors (Lipinski definition) is 1. The summed E-state index contributed by atoms with van der Waals surface area (Å²) in [7, 11) is -3.77. The molecule has 0 aliphatic heterocycles. The molecule has 0 bridgehead atoms. The molecule has 0 saturated carbocycles. The highest BCUT2D eigenvalue weighted by atomic mass is 32.2. The van der Waals surface area contributed by atoms with Gasteiger partial charge in [-0.1, -0.05) is 30.3 Å². The van der Waals surface area contributed by atoms with Crippen LogP contribution in [0.25, 0.3) is 0 Å². The van der Waals surface area contributed by atoms with Crippen LogP contribution in [-0.2, 0) is 16.6 Å². The van der Waals surface area contributed by atoms with Crippen molar-refractivity contribution in [2.24, 2.45) is 0 Å². The molecule has 1 amide bonds. The van der Waals surface area contributed by atoms with E-state index >= 15 is 0 Å². The van der Waals surface area contributed by atoms with Crippen molar-refractivity contribution in [3.05, 3.63) is 84.1 Å². The summed E-state index contributed by atoms with van der Waals surface area (Å²) in [4.78, 5) is 18.3. The zero-order chi connectivity index (χ0) is 22.3. The van der Waals surface area contributed by atoms with Gasteiger partial charge in [-0.25, -0.2) is 18.1 Å². The van der Waals surface area contributed by atoms with Gasteiger partial charge in [-0.15, -0.1) is 0 Å². The van der Waals surface area contributed by atoms with Crippen molar-refractivity contribution < 1.29 is 17.9 Å². The summed E-state index contributed by atoms with van der Waals surface area (Å²) >= 11 is 0. The van der Waals surface area contributed by atoms with Gasteiger partial charge in [0.1, 0.15) is 10.6 Å². The standard InChI is InChI=1S/C23H25N3O4S/c1-3-26(4-2)23(27)19-10-8-9-18(15-19)16-25-31(28,29)21-13-14-22(24-17-21)30-20-11-6-5-7-12-20/h5-15,17,25H,3-4,16H2,1-2H3. The highest BCUT2D eigenvalue weighted by Crippen LogP contribution is 2.20. The summed E-state index contributed by atoms with van der Waals surface area (Å²) < 4.78 is 33.4. The Hall–Kier alpha value is -3.23. The Morgan fingerprint density at radius 2 is 1.74 bits per heavy atom. The Balaban J connectivity index is 1.66. The summed E-state index contributed by atoms with van der Waals surface area (Å²) in [6.07, 6.45) is 1.25. The van der Waals surface area contributed by atoms with Gasteiger partial charge >= 0.3 is 0 Å². The van der Waals surface area contributed by atoms with Crippen molar-refractivity contribution in [1.29, 1.82) is 0 Å². The molecule has 0 saturated heterocycles. The maximum absolute atomic E-state index is 12.6. The molecule has 0 aliphatic rings. The number of para-hydroxylation sites is 1. The smallest absolute Gasteiger partial charge is 0.253 e. The van der Waals surface area contributed by atoms with Gasteiger partial charge in [-0.2, -0.15) is 0 Å². The lowest BCUT2D eigenvalue weighted by atomic mass is 10.1. The number of pyridine rings is 1. The van der Waals surface area contributed by atoms with Crippen LogP contribution in [0.4, 0.5) is 0 Å². The second-order valence-electron chi connectivity index (χ2n) is 6.75. The fraction of sp³-hybridized carbons (Fsp3) is 0.217. The number of nitrogens with zero attached hydrogens (tertiary/aromatic N) is 2. The average Bonchev–Trinajstić information content (AvgIpc) is 2.80. The Morgan fingerprint density at radius 3 is 2.39 bits per heavy atom. The molecule has 3 aromatic rings. The minimum Gasteiger partial charge on any atom is -0.439 e. The third-order valence-electron chi connectivity index (χ3n) is 4.68. The minimum absolute atomic E-state index is 0.0308. The number of benzene rings is 2. The lowest BCUT2D eigenvalue weighted by Crippen LogP contribution is -2.30. The third-order valence-corrected chi connectivity index (χ3v) is 6.06. The summed E-state index contributed by atoms with van der Waals surface area (Å²) in [6, 6.07) is 19.0. The van der Waals surface area contributed by atoms with Crippen LogP contribution in [0.15, 0.2) is 77.8 Å². The summed E-state index contributed by atoms with van der Waals surface area (Å²) in [5.41, 5.74) is 1.23. The molecule has 0 aliphatic carbocycles. The van der Waals surface area contributed by atoms with Gasteiger partial charge < -0.3 is 9.64 Å². The fourth-order valence-corrected chi connectivity index (χ4v) is 3.93. The van der Waals surface area contributed by atoms with E-state index in [0.717, 1.165) is 0 Å². The summed E-state index contributed by atoms with van der Waals surface area (Å²) in [6.45, 7) is 5.13. The van der Waals surface area contributed by atoms with E-state index in [2.05, 4.69) is 9.71 Å². The number of amides is 1. The van der Waals surface area contributed by atoms with E-state index in [-0.39, 0.29) is 17.3 Å². The molecule has 0 unspecified atom stereocenters. The molecular weight excluding hydrogens is 414 g/mol. The predicted molar refractivity (Wildman–Crippen MR) is 118 cm³/mol. The van der Waals surface area contributed by atoms with Crippen molar-refractivity contribution in [3.63, 3.8) is 0 Å². The molecule has 3 rings (SSSR count). The first-order valence-electron chi connectivity index (χ1n) is 9.99. The van der Waals surface area contributed by atoms with Gasteiger partial charge in [0.2, 0.25) is 15.9 Å². The number of ether oxygens (including phenoxy) is 1. The molecule has 0 radical (unpaired) electrons. The van der Waals surface area contributed by atoms with Crippen molar-refractivity contribution in [2.75, 3.05) is 13.1 Å². The van der Waals surface area contributed by atoms with Gasteiger partial charge in [0.25, 0.3) is 5.91 Å². The molecule has 162 valence electrons. The van der Waals surface area contributed by atoms with Crippen LogP contribution < -0.4 is 9.46 Å². The normalized spacial score (nSPS) is 11.2. The van der Waals surface area contributed by atoms with E-state index in [1.54, 1.807) is 41.3 Å². The first-order valence-corrected chi connectivity index (χ1v) is 11.5. The van der Waals surface area contributed by atoms with Crippen LogP contribution >= 0.6 is 0 Å². The summed E-state index contributed by atoms with van der Waals surface area (Å²) in [5, 5.41) is 0. The topological polar surface area (TPSA) is 88.6 Å². The number of aromatic nitrogens is 1. The monoisotopic (exact) mass is 439 g/mol. The summed E-state index contributed by atoms with van der Waals surface area (Å²) in [5.74, 6) is 0.837. The zero-order valence-corrected chi connectivity index (χ0v) is 18.3. The molecule has 31 heavy (non-hydrogen) atoms. The quantitative estimate of drug-likeness (QED) is 0.547. The largest absolute Gasteiger partial charge is 0.439 e. The lowest BCUT2D eigenvalue weighted by Gasteiger charge is -2.19. The van der Waals surface area contributed by atoms with E-state index < -0.39 is 10.0 Å². The van der Waals surface area contributed by atoms with Gasteiger partial charge in [-0.05, 0) is 49.7 Å². The predicted octanol–water partition coefficient (Wildman–Crippen LogP) is 3.83. The van der Waals surface area contributed by atoms with Crippen LogP contribution in [0.1, 0.15) is 29.8 Å². The lowest BCUT2D eigenvalue weighted by molar-refractivity contribution is 0.0773. The first kappa shape index (κ1) is 22.5. The van der Waals surface area contributed by atoms with Crippen molar-refractivity contribution >= 4 is 15.9 Å². The van der Waals surface area contributed by atoms with Crippen molar-refractivity contribution in [2.45, 2.75) is 25.3 Å². The zero-order valence-electron chi connectivity index (χ0n) is 17.5. The van der Waals surface area contributed by atoms with E-state index in [0.29, 0.717) is 35.8 Å². The molecule has 0 fully saturated rings. The third kappa shape index (κ3) is 5.90. The number of nitrogens with one attached hydrogen (secondary N) is 1. The highest BCUT2D eigenvalue weighted by Gasteiger charge is 2.16. The van der Waals surface area contributed by atoms with Crippen LogP contribution in [0.2, 0.25) is 0 Å². The number of hydrogen-bond acceptors (Lipinski definition) is 5. The Morgan fingerprint density at radius 1 is 1.00 bits per heavy atom. The molecule has 1 heterocycles. The van der Waals surface area contributed by atoms with Crippen molar-refractivity contribution in [3.8, 4) is 11.6 Å². The molecule has 1 N–H and O–H groups in total. The SMILES string of the molecule is CCN(CC)C(=O)c1cccc(CNS(=O)(=O)c2ccc(Oc3ccccc3)nc2)c1. The van der Waals surface area contributed by atoms with Crippen LogP contribution in [0, 0.1) is 0 Å². The maximum atomic E-state index is 12.6. The molecule has 0 spiro atoms. The number of carbonyl (C=O) groups excluding carboxylic acids is 1. The first-order chi connectivity index (χ1) is 14.9. The van der Waals surface area contributed by atoms with Gasteiger partial charge in [-0.3, -0.25) is 4.79 Å². The highest BCUT2D eigenvalue weighted by molar-refractivity contribution is 7.89. The molecule has 8 heteroatoms. The molecule has 7 nitrogen and oxygen atoms in total. The van der Waals surface area contributed by atoms with Crippen molar-refractivity contribution in [1.82, 2.24) is 14.6 Å². The van der Waals surface area contributed by atoms with E-state index in [1.165, 1.54) is 18.3 Å². The number of sulfonamides is 1. The van der Waals surface area contributed by atoms with E-state index in [4.69, 9.17) is 4.74 Å². The minimum atomic E-state index is -3.77. The Bertz CT molecular complexity index is 1110. The van der Waals surface area contributed by atoms with Crippen LogP contribution in [0.3, 0.4) is 0 Å². The average molecular weight is 440 g/mol. The molecule has 0 atom stereocenters. The van der Waals surface area contributed by atoms with E-state index in [1.807, 2.05) is 32.0 Å². The fourth-order valence-electron chi connectivity index (χ4n) is 2.96. The van der Waals surface area contributed by atoms with Crippen LogP contribution in [0.5, 0.6) is 11.6 Å². The van der Waals surface area contributed by atoms with Crippen LogP contribution in [-0.4, -0.2) is 37.3 Å². The second kappa shape index (κ2) is 10.2. The maximum Gasteiger partial charge on any atom is 0.253 e. The van der Waals surface area contributed by atoms with Gasteiger partial charge in [0.15, 0.2) is 0 Å². The number of carbonyl (C=O) groups is 1.